The highest BCUT2D eigenvalue weighted by Gasteiger charge is 2.35. The predicted molar refractivity (Wildman–Crippen MR) is 78.2 cm³/mol. The standard InChI is InChI=1S/C13H10BrF4NO6/c1-23-8(20)4-7(12(22)24-2)19-6-3-5(14)9(15)11(10(6)21)25-13(16,17)18/h3-4,19,21H,1-2H3/b7-4+. The van der Waals surface area contributed by atoms with E-state index in [9.17, 15) is 32.3 Å². The zero-order chi connectivity index (χ0) is 19.4. The van der Waals surface area contributed by atoms with Gasteiger partial charge in [-0.15, -0.1) is 13.2 Å². The molecule has 0 saturated heterocycles. The first-order chi connectivity index (χ1) is 11.5. The fourth-order valence-corrected chi connectivity index (χ4v) is 1.88. The van der Waals surface area contributed by atoms with E-state index < -0.39 is 51.5 Å². The maximum Gasteiger partial charge on any atom is 0.573 e. The van der Waals surface area contributed by atoms with Gasteiger partial charge in [0.15, 0.2) is 11.6 Å². The number of anilines is 1. The molecule has 1 rings (SSSR count). The Labute approximate surface area is 146 Å². The lowest BCUT2D eigenvalue weighted by atomic mass is 10.2. The lowest BCUT2D eigenvalue weighted by molar-refractivity contribution is -0.276. The van der Waals surface area contributed by atoms with Crippen LogP contribution in [0, 0.1) is 5.82 Å². The molecule has 138 valence electrons. The number of hydrogen-bond acceptors (Lipinski definition) is 7. The largest absolute Gasteiger partial charge is 0.573 e. The van der Waals surface area contributed by atoms with Gasteiger partial charge in [0.2, 0.25) is 5.75 Å². The number of halogens is 5. The zero-order valence-corrected chi connectivity index (χ0v) is 14.1. The van der Waals surface area contributed by atoms with Crippen LogP contribution in [0.4, 0.5) is 23.2 Å². The van der Waals surface area contributed by atoms with Gasteiger partial charge in [0.05, 0.1) is 30.5 Å². The van der Waals surface area contributed by atoms with Crippen LogP contribution in [0.2, 0.25) is 0 Å². The summed E-state index contributed by atoms with van der Waals surface area (Å²) < 4.78 is 62.4. The third-order valence-electron chi connectivity index (χ3n) is 2.51. The Hall–Kier alpha value is -2.50. The summed E-state index contributed by atoms with van der Waals surface area (Å²) in [5.41, 5.74) is -1.17. The van der Waals surface area contributed by atoms with Crippen molar-refractivity contribution in [1.29, 1.82) is 0 Å². The van der Waals surface area contributed by atoms with Crippen LogP contribution in [0.15, 0.2) is 22.3 Å². The van der Waals surface area contributed by atoms with E-state index in [0.29, 0.717) is 6.08 Å². The molecule has 2 N–H and O–H groups in total. The lowest BCUT2D eigenvalue weighted by Crippen LogP contribution is -2.19. The second-order valence-corrected chi connectivity index (χ2v) is 5.00. The molecule has 0 heterocycles. The minimum absolute atomic E-state index is 0.519. The summed E-state index contributed by atoms with van der Waals surface area (Å²) in [5.74, 6) is -6.47. The maximum atomic E-state index is 13.8. The Morgan fingerprint density at radius 1 is 1.28 bits per heavy atom. The molecule has 0 fully saturated rings. The van der Waals surface area contributed by atoms with Crippen molar-refractivity contribution in [2.45, 2.75) is 6.36 Å². The molecule has 25 heavy (non-hydrogen) atoms. The van der Waals surface area contributed by atoms with E-state index in [1.165, 1.54) is 0 Å². The number of carbonyl (C=O) groups is 2. The van der Waals surface area contributed by atoms with Gasteiger partial charge in [-0.05, 0) is 22.0 Å². The molecule has 0 unspecified atom stereocenters. The molecule has 0 atom stereocenters. The Morgan fingerprint density at radius 2 is 1.88 bits per heavy atom. The molecule has 0 spiro atoms. The average molecular weight is 432 g/mol. The van der Waals surface area contributed by atoms with E-state index in [-0.39, 0.29) is 0 Å². The highest BCUT2D eigenvalue weighted by atomic mass is 79.9. The molecule has 0 saturated carbocycles. The highest BCUT2D eigenvalue weighted by molar-refractivity contribution is 9.10. The Morgan fingerprint density at radius 3 is 2.36 bits per heavy atom. The van der Waals surface area contributed by atoms with Crippen molar-refractivity contribution in [3.63, 3.8) is 0 Å². The van der Waals surface area contributed by atoms with Crippen molar-refractivity contribution in [2.75, 3.05) is 19.5 Å². The normalized spacial score (nSPS) is 11.7. The van der Waals surface area contributed by atoms with Crippen LogP contribution in [-0.2, 0) is 19.1 Å². The number of nitrogens with one attached hydrogen (secondary N) is 1. The highest BCUT2D eigenvalue weighted by Crippen LogP contribution is 2.43. The quantitative estimate of drug-likeness (QED) is 0.320. The SMILES string of the molecule is COC(=O)/C=C(/Nc1cc(Br)c(F)c(OC(F)(F)F)c1O)C(=O)OC. The molecule has 0 aliphatic rings. The lowest BCUT2D eigenvalue weighted by Gasteiger charge is -2.16. The van der Waals surface area contributed by atoms with Gasteiger partial charge in [0.1, 0.15) is 5.70 Å². The van der Waals surface area contributed by atoms with Crippen LogP contribution in [-0.4, -0.2) is 37.6 Å². The van der Waals surface area contributed by atoms with Gasteiger partial charge < -0.3 is 24.6 Å². The first-order valence-electron chi connectivity index (χ1n) is 6.11. The second-order valence-electron chi connectivity index (χ2n) is 4.14. The number of carbonyl (C=O) groups excluding carboxylic acids is 2. The summed E-state index contributed by atoms with van der Waals surface area (Å²) in [6.45, 7) is 0. The van der Waals surface area contributed by atoms with Crippen molar-refractivity contribution in [3.8, 4) is 11.5 Å². The molecule has 1 aromatic carbocycles. The fourth-order valence-electron chi connectivity index (χ4n) is 1.48. The fraction of sp³-hybridized carbons (Fsp3) is 0.231. The molecular formula is C13H10BrF4NO6. The van der Waals surface area contributed by atoms with Crippen molar-refractivity contribution >= 4 is 33.6 Å². The number of alkyl halides is 3. The van der Waals surface area contributed by atoms with Gasteiger partial charge in [-0.3, -0.25) is 0 Å². The molecule has 0 radical (unpaired) electrons. The topological polar surface area (TPSA) is 94.1 Å². The van der Waals surface area contributed by atoms with Crippen LogP contribution in [0.1, 0.15) is 0 Å². The number of hydrogen-bond donors (Lipinski definition) is 2. The zero-order valence-electron chi connectivity index (χ0n) is 12.5. The van der Waals surface area contributed by atoms with E-state index in [4.69, 9.17) is 0 Å². The first-order valence-corrected chi connectivity index (χ1v) is 6.91. The number of phenolic OH excluding ortho intramolecular Hbond substituents is 1. The molecule has 0 amide bonds. The van der Waals surface area contributed by atoms with Crippen LogP contribution in [0.5, 0.6) is 11.5 Å². The summed E-state index contributed by atoms with van der Waals surface area (Å²) in [6.07, 6.45) is -4.67. The number of ether oxygens (including phenoxy) is 3. The minimum atomic E-state index is -5.29. The molecular weight excluding hydrogens is 422 g/mol. The van der Waals surface area contributed by atoms with Gasteiger partial charge in [-0.25, -0.2) is 14.0 Å². The third kappa shape index (κ3) is 5.52. The monoisotopic (exact) mass is 431 g/mol. The number of aromatic hydroxyl groups is 1. The maximum absolute atomic E-state index is 13.8. The average Bonchev–Trinajstić information content (AvgIpc) is 2.53. The Bertz CT molecular complexity index is 719. The smallest absolute Gasteiger partial charge is 0.503 e. The number of rotatable bonds is 5. The van der Waals surface area contributed by atoms with Gasteiger partial charge in [0, 0.05) is 0 Å². The van der Waals surface area contributed by atoms with Gasteiger partial charge >= 0.3 is 18.3 Å². The summed E-state index contributed by atoms with van der Waals surface area (Å²) in [4.78, 5) is 22.8. The third-order valence-corrected chi connectivity index (χ3v) is 3.08. The molecule has 12 heteroatoms. The van der Waals surface area contributed by atoms with Crippen LogP contribution >= 0.6 is 15.9 Å². The number of phenols is 1. The van der Waals surface area contributed by atoms with E-state index >= 15 is 0 Å². The van der Waals surface area contributed by atoms with Gasteiger partial charge in [-0.1, -0.05) is 0 Å². The molecule has 0 aliphatic carbocycles. The number of esters is 2. The summed E-state index contributed by atoms with van der Waals surface area (Å²) in [6, 6.07) is 0.821. The Kier molecular flexibility index (Phi) is 6.62. The minimum Gasteiger partial charge on any atom is -0.503 e. The summed E-state index contributed by atoms with van der Waals surface area (Å²) in [5, 5.41) is 12.0. The van der Waals surface area contributed by atoms with E-state index in [2.05, 4.69) is 35.5 Å². The molecule has 0 aromatic heterocycles. The molecule has 0 aliphatic heterocycles. The van der Waals surface area contributed by atoms with Crippen molar-refractivity contribution in [1.82, 2.24) is 0 Å². The van der Waals surface area contributed by atoms with Gasteiger partial charge in [-0.2, -0.15) is 0 Å². The van der Waals surface area contributed by atoms with E-state index in [1.807, 2.05) is 0 Å². The van der Waals surface area contributed by atoms with Crippen molar-refractivity contribution in [3.05, 3.63) is 28.1 Å². The first kappa shape index (κ1) is 20.5. The van der Waals surface area contributed by atoms with Crippen molar-refractivity contribution in [2.24, 2.45) is 0 Å². The number of benzene rings is 1. The number of methoxy groups -OCH3 is 2. The molecule has 7 nitrogen and oxygen atoms in total. The van der Waals surface area contributed by atoms with Crippen molar-refractivity contribution < 1.29 is 46.5 Å². The van der Waals surface area contributed by atoms with Crippen LogP contribution in [0.25, 0.3) is 0 Å². The molecule has 0 bridgehead atoms. The van der Waals surface area contributed by atoms with Gasteiger partial charge in [0.25, 0.3) is 0 Å². The molecule has 1 aromatic rings. The Balaban J connectivity index is 3.39. The second kappa shape index (κ2) is 8.05. The summed E-state index contributed by atoms with van der Waals surface area (Å²) >= 11 is 2.65. The van der Waals surface area contributed by atoms with E-state index in [0.717, 1.165) is 20.3 Å². The van der Waals surface area contributed by atoms with Crippen LogP contribution in [0.3, 0.4) is 0 Å². The summed E-state index contributed by atoms with van der Waals surface area (Å²) in [7, 11) is 1.97. The predicted octanol–water partition coefficient (Wildman–Crippen LogP) is 2.83. The van der Waals surface area contributed by atoms with Crippen LogP contribution < -0.4 is 10.1 Å². The van der Waals surface area contributed by atoms with E-state index in [1.54, 1.807) is 0 Å².